The van der Waals surface area contributed by atoms with E-state index in [1.807, 2.05) is 32.1 Å². The fourth-order valence-corrected chi connectivity index (χ4v) is 2.04. The molecule has 0 aliphatic rings. The number of benzene rings is 1. The van der Waals surface area contributed by atoms with E-state index in [2.05, 4.69) is 6.58 Å². The predicted octanol–water partition coefficient (Wildman–Crippen LogP) is 4.83. The summed E-state index contributed by atoms with van der Waals surface area (Å²) < 4.78 is 13.7. The van der Waals surface area contributed by atoms with E-state index in [0.29, 0.717) is 23.1 Å². The molecular weight excluding hydrogens is 261 g/mol. The Hall–Kier alpha value is -1.85. The summed E-state index contributed by atoms with van der Waals surface area (Å²) in [5.74, 6) is -0.223. The van der Waals surface area contributed by atoms with Crippen molar-refractivity contribution >= 4 is 11.6 Å². The van der Waals surface area contributed by atoms with E-state index in [1.54, 1.807) is 6.07 Å². The lowest BCUT2D eigenvalue weighted by molar-refractivity contribution is 0.613. The molecule has 0 saturated carbocycles. The number of hydrogen-bond donors (Lipinski definition) is 0. The molecule has 0 fully saturated rings. The molecule has 19 heavy (non-hydrogen) atoms. The van der Waals surface area contributed by atoms with Gasteiger partial charge in [0.2, 0.25) is 0 Å². The minimum absolute atomic E-state index is 0.223. The Morgan fingerprint density at radius 2 is 2.21 bits per heavy atom. The van der Waals surface area contributed by atoms with Crippen molar-refractivity contribution in [3.8, 4) is 6.07 Å². The fourth-order valence-electron chi connectivity index (χ4n) is 1.74. The Labute approximate surface area is 118 Å². The van der Waals surface area contributed by atoms with E-state index in [9.17, 15) is 4.39 Å². The Balaban J connectivity index is 2.99. The van der Waals surface area contributed by atoms with Gasteiger partial charge < -0.3 is 0 Å². The third-order valence-corrected chi connectivity index (χ3v) is 3.18. The zero-order valence-electron chi connectivity index (χ0n) is 11.0. The molecule has 1 rings (SSSR count). The number of aryl methyl sites for hydroxylation is 1. The van der Waals surface area contributed by atoms with E-state index in [4.69, 9.17) is 16.9 Å². The summed E-state index contributed by atoms with van der Waals surface area (Å²) in [4.78, 5) is 0. The lowest BCUT2D eigenvalue weighted by atomic mass is 9.99. The first kappa shape index (κ1) is 15.2. The standard InChI is InChI=1S/C16H15ClFN/c1-11-5-4-6-16(18)14(11)8-7-12(2)15(9-17)13(3)10-19/h4-7,9H,3,8H2,1-2H3/b12-7-,15-9-. The topological polar surface area (TPSA) is 23.8 Å². The highest BCUT2D eigenvalue weighted by atomic mass is 35.5. The number of halogens is 2. The first-order chi connectivity index (χ1) is 9.01. The van der Waals surface area contributed by atoms with Gasteiger partial charge in [-0.3, -0.25) is 0 Å². The molecule has 0 amide bonds. The molecule has 0 saturated heterocycles. The Kier molecular flexibility index (Phi) is 5.54. The van der Waals surface area contributed by atoms with Crippen LogP contribution in [-0.2, 0) is 6.42 Å². The summed E-state index contributed by atoms with van der Waals surface area (Å²) >= 11 is 5.69. The second-order valence-corrected chi connectivity index (χ2v) is 4.46. The molecule has 0 aliphatic heterocycles. The van der Waals surface area contributed by atoms with Gasteiger partial charge in [-0.2, -0.15) is 5.26 Å². The first-order valence-electron chi connectivity index (χ1n) is 5.82. The van der Waals surface area contributed by atoms with Gasteiger partial charge in [-0.1, -0.05) is 36.4 Å². The van der Waals surface area contributed by atoms with Crippen molar-refractivity contribution in [2.45, 2.75) is 20.3 Å². The van der Waals surface area contributed by atoms with E-state index in [-0.39, 0.29) is 5.82 Å². The van der Waals surface area contributed by atoms with Gasteiger partial charge in [-0.25, -0.2) is 4.39 Å². The van der Waals surface area contributed by atoms with Crippen molar-refractivity contribution in [3.63, 3.8) is 0 Å². The maximum atomic E-state index is 13.7. The lowest BCUT2D eigenvalue weighted by Crippen LogP contribution is -1.94. The second-order valence-electron chi connectivity index (χ2n) is 4.24. The largest absolute Gasteiger partial charge is 0.207 e. The molecular formula is C16H15ClFN. The predicted molar refractivity (Wildman–Crippen MR) is 77.3 cm³/mol. The molecule has 0 bridgehead atoms. The Bertz CT molecular complexity index is 571. The molecule has 0 heterocycles. The number of rotatable bonds is 4. The van der Waals surface area contributed by atoms with Crippen LogP contribution in [0.1, 0.15) is 18.1 Å². The molecule has 0 unspecified atom stereocenters. The van der Waals surface area contributed by atoms with Crippen molar-refractivity contribution in [2.24, 2.45) is 0 Å². The third kappa shape index (κ3) is 3.81. The summed E-state index contributed by atoms with van der Waals surface area (Å²) in [6, 6.07) is 6.95. The molecule has 0 radical (unpaired) electrons. The van der Waals surface area contributed by atoms with Gasteiger partial charge in [0.1, 0.15) is 5.82 Å². The smallest absolute Gasteiger partial charge is 0.126 e. The van der Waals surface area contributed by atoms with Crippen LogP contribution >= 0.6 is 11.6 Å². The highest BCUT2D eigenvalue weighted by Gasteiger charge is 2.06. The molecule has 1 aromatic rings. The average Bonchev–Trinajstić information content (AvgIpc) is 2.38. The van der Waals surface area contributed by atoms with Crippen molar-refractivity contribution < 1.29 is 4.39 Å². The van der Waals surface area contributed by atoms with Crippen LogP contribution in [0.15, 0.2) is 53.1 Å². The first-order valence-corrected chi connectivity index (χ1v) is 6.25. The Morgan fingerprint density at radius 3 is 2.74 bits per heavy atom. The van der Waals surface area contributed by atoms with Crippen LogP contribution in [0.25, 0.3) is 0 Å². The second kappa shape index (κ2) is 6.92. The summed E-state index contributed by atoms with van der Waals surface area (Å²) in [7, 11) is 0. The van der Waals surface area contributed by atoms with E-state index in [1.165, 1.54) is 11.6 Å². The maximum absolute atomic E-state index is 13.7. The minimum atomic E-state index is -0.223. The molecule has 1 nitrogen and oxygen atoms in total. The summed E-state index contributed by atoms with van der Waals surface area (Å²) in [6.45, 7) is 7.32. The molecule has 0 atom stereocenters. The monoisotopic (exact) mass is 275 g/mol. The lowest BCUT2D eigenvalue weighted by Gasteiger charge is -2.07. The SMILES string of the molecule is C=C(C#N)C(=C\Cl)/C(C)=C\Cc1c(C)cccc1F. The number of allylic oxidation sites excluding steroid dienone is 4. The van der Waals surface area contributed by atoms with Crippen molar-refractivity contribution in [1.29, 1.82) is 5.26 Å². The van der Waals surface area contributed by atoms with Gasteiger partial charge in [0.05, 0.1) is 11.6 Å². The number of hydrogen-bond acceptors (Lipinski definition) is 1. The van der Waals surface area contributed by atoms with Crippen molar-refractivity contribution in [2.75, 3.05) is 0 Å². The van der Waals surface area contributed by atoms with E-state index in [0.717, 1.165) is 11.1 Å². The van der Waals surface area contributed by atoms with Gasteiger partial charge >= 0.3 is 0 Å². The van der Waals surface area contributed by atoms with Gasteiger partial charge in [0, 0.05) is 11.1 Å². The molecule has 3 heteroatoms. The molecule has 0 aromatic heterocycles. The van der Waals surface area contributed by atoms with Crippen molar-refractivity contribution in [3.05, 3.63) is 70.1 Å². The normalized spacial score (nSPS) is 12.2. The zero-order valence-corrected chi connectivity index (χ0v) is 11.8. The van der Waals surface area contributed by atoms with E-state index >= 15 is 0 Å². The average molecular weight is 276 g/mol. The van der Waals surface area contributed by atoms with Gasteiger partial charge in [0.25, 0.3) is 0 Å². The minimum Gasteiger partial charge on any atom is -0.207 e. The third-order valence-electron chi connectivity index (χ3n) is 2.96. The maximum Gasteiger partial charge on any atom is 0.126 e. The van der Waals surface area contributed by atoms with Crippen LogP contribution < -0.4 is 0 Å². The number of nitriles is 1. The fraction of sp³-hybridized carbons (Fsp3) is 0.188. The molecule has 0 spiro atoms. The van der Waals surface area contributed by atoms with Gasteiger partial charge in [-0.15, -0.1) is 0 Å². The van der Waals surface area contributed by atoms with Crippen LogP contribution in [0.5, 0.6) is 0 Å². The quantitative estimate of drug-likeness (QED) is 0.570. The van der Waals surface area contributed by atoms with Crippen LogP contribution in [0, 0.1) is 24.1 Å². The number of nitrogens with zero attached hydrogens (tertiary/aromatic N) is 1. The van der Waals surface area contributed by atoms with Gasteiger partial charge in [0.15, 0.2) is 0 Å². The van der Waals surface area contributed by atoms with Crippen LogP contribution in [0.4, 0.5) is 4.39 Å². The zero-order chi connectivity index (χ0) is 14.4. The molecule has 0 N–H and O–H groups in total. The van der Waals surface area contributed by atoms with Crippen molar-refractivity contribution in [1.82, 2.24) is 0 Å². The van der Waals surface area contributed by atoms with Crippen LogP contribution in [-0.4, -0.2) is 0 Å². The highest BCUT2D eigenvalue weighted by Crippen LogP contribution is 2.20. The molecule has 0 aliphatic carbocycles. The van der Waals surface area contributed by atoms with Gasteiger partial charge in [-0.05, 0) is 43.0 Å². The summed E-state index contributed by atoms with van der Waals surface area (Å²) in [5, 5.41) is 8.82. The highest BCUT2D eigenvalue weighted by molar-refractivity contribution is 6.26. The molecule has 1 aromatic carbocycles. The summed E-state index contributed by atoms with van der Waals surface area (Å²) in [5.41, 5.74) is 4.57. The van der Waals surface area contributed by atoms with Crippen LogP contribution in [0.2, 0.25) is 0 Å². The Morgan fingerprint density at radius 1 is 1.53 bits per heavy atom. The summed E-state index contributed by atoms with van der Waals surface area (Å²) in [6.07, 6.45) is 2.30. The van der Waals surface area contributed by atoms with E-state index < -0.39 is 0 Å². The van der Waals surface area contributed by atoms with Crippen LogP contribution in [0.3, 0.4) is 0 Å². The molecule has 98 valence electrons.